The predicted octanol–water partition coefficient (Wildman–Crippen LogP) is 2.65. The van der Waals surface area contributed by atoms with Gasteiger partial charge in [-0.15, -0.1) is 0 Å². The molecule has 0 aromatic heterocycles. The van der Waals surface area contributed by atoms with Crippen molar-refractivity contribution in [3.63, 3.8) is 0 Å². The number of para-hydroxylation sites is 1. The van der Waals surface area contributed by atoms with E-state index >= 15 is 0 Å². The fourth-order valence-electron chi connectivity index (χ4n) is 2.14. The lowest BCUT2D eigenvalue weighted by Crippen LogP contribution is -2.28. The van der Waals surface area contributed by atoms with Gasteiger partial charge in [0.15, 0.2) is 0 Å². The Morgan fingerprint density at radius 1 is 0.920 bits per heavy atom. The molecule has 6 heteroatoms. The highest BCUT2D eigenvalue weighted by Crippen LogP contribution is 2.18. The molecular weight excluding hydrogens is 322 g/mol. The number of nitrogens with one attached hydrogen (secondary N) is 1. The number of rotatable bonds is 6. The molecule has 0 heterocycles. The molecule has 0 bridgehead atoms. The molecule has 0 saturated carbocycles. The maximum atomic E-state index is 12.5. The molecule has 0 spiro atoms. The molecule has 0 fully saturated rings. The van der Waals surface area contributed by atoms with Crippen molar-refractivity contribution in [1.29, 1.82) is 0 Å². The van der Waals surface area contributed by atoms with Crippen molar-refractivity contribution in [2.24, 2.45) is 0 Å². The van der Waals surface area contributed by atoms with Gasteiger partial charge < -0.3 is 19.5 Å². The highest BCUT2D eigenvalue weighted by atomic mass is 16.5. The van der Waals surface area contributed by atoms with E-state index in [0.29, 0.717) is 22.6 Å². The summed E-state index contributed by atoms with van der Waals surface area (Å²) < 4.78 is 15.0. The van der Waals surface area contributed by atoms with E-state index in [4.69, 9.17) is 14.2 Å². The van der Waals surface area contributed by atoms with Crippen LogP contribution in [0.3, 0.4) is 0 Å². The van der Waals surface area contributed by atoms with E-state index in [0.717, 1.165) is 0 Å². The molecule has 0 atom stereocenters. The lowest BCUT2D eigenvalue weighted by Gasteiger charge is -2.11. The molecule has 1 N–H and O–H groups in total. The van der Waals surface area contributed by atoms with Crippen molar-refractivity contribution in [2.45, 2.75) is 0 Å². The van der Waals surface area contributed by atoms with Gasteiger partial charge in [-0.25, -0.2) is 4.79 Å². The number of benzene rings is 2. The van der Waals surface area contributed by atoms with E-state index < -0.39 is 11.9 Å². The summed E-state index contributed by atoms with van der Waals surface area (Å²) in [5.41, 5.74) is 1.04. The summed E-state index contributed by atoms with van der Waals surface area (Å²) >= 11 is 0. The van der Waals surface area contributed by atoms with Crippen molar-refractivity contribution in [1.82, 2.24) is 5.32 Å². The Labute approximate surface area is 146 Å². The molecule has 6 nitrogen and oxygen atoms in total. The number of carbonyl (C=O) groups excluding carboxylic acids is 2. The standard InChI is InChI=1S/C19H19NO5/c1-23-14-10-8-13(9-11-14)12-16(19(22)25-3)20-18(21)15-6-4-5-7-17(15)24-2/h4-12H,1-3H3,(H,20,21)/b16-12-. The number of methoxy groups -OCH3 is 3. The maximum Gasteiger partial charge on any atom is 0.354 e. The second kappa shape index (κ2) is 8.54. The molecule has 1 amide bonds. The van der Waals surface area contributed by atoms with E-state index in [1.54, 1.807) is 55.6 Å². The lowest BCUT2D eigenvalue weighted by atomic mass is 10.1. The molecule has 2 aromatic rings. The number of hydrogen-bond acceptors (Lipinski definition) is 5. The molecule has 0 aliphatic rings. The second-order valence-electron chi connectivity index (χ2n) is 4.98. The lowest BCUT2D eigenvalue weighted by molar-refractivity contribution is -0.136. The first-order chi connectivity index (χ1) is 12.1. The highest BCUT2D eigenvalue weighted by molar-refractivity contribution is 6.04. The monoisotopic (exact) mass is 341 g/mol. The Hall–Kier alpha value is -3.28. The van der Waals surface area contributed by atoms with Crippen LogP contribution in [0.15, 0.2) is 54.2 Å². The van der Waals surface area contributed by atoms with Gasteiger partial charge in [-0.3, -0.25) is 4.79 Å². The molecule has 2 aromatic carbocycles. The Balaban J connectivity index is 2.29. The quantitative estimate of drug-likeness (QED) is 0.646. The van der Waals surface area contributed by atoms with Crippen LogP contribution in [-0.2, 0) is 9.53 Å². The van der Waals surface area contributed by atoms with Crippen LogP contribution in [0.2, 0.25) is 0 Å². The van der Waals surface area contributed by atoms with Gasteiger partial charge in [0.25, 0.3) is 5.91 Å². The fourth-order valence-corrected chi connectivity index (χ4v) is 2.14. The van der Waals surface area contributed by atoms with Crippen molar-refractivity contribution in [3.05, 3.63) is 65.4 Å². The van der Waals surface area contributed by atoms with Crippen LogP contribution in [-0.4, -0.2) is 33.2 Å². The molecule has 0 aliphatic heterocycles. The number of esters is 1. The highest BCUT2D eigenvalue weighted by Gasteiger charge is 2.17. The number of hydrogen-bond donors (Lipinski definition) is 1. The van der Waals surface area contributed by atoms with E-state index in [1.807, 2.05) is 0 Å². The van der Waals surface area contributed by atoms with Gasteiger partial charge in [0.1, 0.15) is 17.2 Å². The van der Waals surface area contributed by atoms with Crippen LogP contribution in [0.25, 0.3) is 6.08 Å². The fraction of sp³-hybridized carbons (Fsp3) is 0.158. The van der Waals surface area contributed by atoms with Gasteiger partial charge in [-0.2, -0.15) is 0 Å². The number of carbonyl (C=O) groups is 2. The SMILES string of the molecule is COC(=O)/C(=C/c1ccc(OC)cc1)NC(=O)c1ccccc1OC. The molecule has 0 aliphatic carbocycles. The normalized spacial score (nSPS) is 10.8. The Morgan fingerprint density at radius 2 is 1.60 bits per heavy atom. The minimum atomic E-state index is -0.654. The molecule has 2 rings (SSSR count). The first-order valence-corrected chi connectivity index (χ1v) is 7.47. The van der Waals surface area contributed by atoms with E-state index in [-0.39, 0.29) is 5.70 Å². The first kappa shape index (κ1) is 18.1. The third-order valence-corrected chi connectivity index (χ3v) is 3.43. The van der Waals surface area contributed by atoms with Crippen LogP contribution >= 0.6 is 0 Å². The summed E-state index contributed by atoms with van der Waals surface area (Å²) in [6, 6.07) is 13.8. The van der Waals surface area contributed by atoms with E-state index in [9.17, 15) is 9.59 Å². The molecular formula is C19H19NO5. The Kier molecular flexibility index (Phi) is 6.17. The Bertz CT molecular complexity index is 781. The minimum Gasteiger partial charge on any atom is -0.497 e. The van der Waals surface area contributed by atoms with Crippen LogP contribution in [0.4, 0.5) is 0 Å². The third-order valence-electron chi connectivity index (χ3n) is 3.43. The molecule has 0 radical (unpaired) electrons. The maximum absolute atomic E-state index is 12.5. The van der Waals surface area contributed by atoms with Crippen molar-refractivity contribution >= 4 is 18.0 Å². The third kappa shape index (κ3) is 4.60. The van der Waals surface area contributed by atoms with Crippen LogP contribution in [0.1, 0.15) is 15.9 Å². The van der Waals surface area contributed by atoms with E-state index in [2.05, 4.69) is 5.32 Å². The Morgan fingerprint density at radius 3 is 2.20 bits per heavy atom. The average molecular weight is 341 g/mol. The summed E-state index contributed by atoms with van der Waals surface area (Å²) in [6.45, 7) is 0. The van der Waals surface area contributed by atoms with Crippen molar-refractivity contribution in [2.75, 3.05) is 21.3 Å². The van der Waals surface area contributed by atoms with Crippen LogP contribution < -0.4 is 14.8 Å². The summed E-state index contributed by atoms with van der Waals surface area (Å²) in [6.07, 6.45) is 1.53. The molecule has 25 heavy (non-hydrogen) atoms. The van der Waals surface area contributed by atoms with Crippen LogP contribution in [0.5, 0.6) is 11.5 Å². The largest absolute Gasteiger partial charge is 0.497 e. The van der Waals surface area contributed by atoms with Crippen molar-refractivity contribution < 1.29 is 23.8 Å². The predicted molar refractivity (Wildman–Crippen MR) is 93.4 cm³/mol. The second-order valence-corrected chi connectivity index (χ2v) is 4.98. The molecule has 0 saturated heterocycles. The molecule has 0 unspecified atom stereocenters. The van der Waals surface area contributed by atoms with Gasteiger partial charge in [0.05, 0.1) is 26.9 Å². The van der Waals surface area contributed by atoms with Gasteiger partial charge in [-0.05, 0) is 35.9 Å². The van der Waals surface area contributed by atoms with Gasteiger partial charge in [-0.1, -0.05) is 24.3 Å². The summed E-state index contributed by atoms with van der Waals surface area (Å²) in [5.74, 6) is -0.0230. The summed E-state index contributed by atoms with van der Waals surface area (Å²) in [4.78, 5) is 24.5. The first-order valence-electron chi connectivity index (χ1n) is 7.47. The topological polar surface area (TPSA) is 73.9 Å². The average Bonchev–Trinajstić information content (AvgIpc) is 2.67. The summed E-state index contributed by atoms with van der Waals surface area (Å²) in [7, 11) is 4.29. The van der Waals surface area contributed by atoms with E-state index in [1.165, 1.54) is 20.3 Å². The number of ether oxygens (including phenoxy) is 3. The van der Waals surface area contributed by atoms with Crippen molar-refractivity contribution in [3.8, 4) is 11.5 Å². The minimum absolute atomic E-state index is 0.0172. The zero-order valence-corrected chi connectivity index (χ0v) is 14.2. The number of amides is 1. The van der Waals surface area contributed by atoms with Gasteiger partial charge in [0.2, 0.25) is 0 Å². The zero-order chi connectivity index (χ0) is 18.2. The molecule has 130 valence electrons. The zero-order valence-electron chi connectivity index (χ0n) is 14.2. The smallest absolute Gasteiger partial charge is 0.354 e. The van der Waals surface area contributed by atoms with Gasteiger partial charge in [0, 0.05) is 0 Å². The summed E-state index contributed by atoms with van der Waals surface area (Å²) in [5, 5.41) is 2.57. The van der Waals surface area contributed by atoms with Gasteiger partial charge >= 0.3 is 5.97 Å². The van der Waals surface area contributed by atoms with Crippen LogP contribution in [0, 0.1) is 0 Å².